The molecule has 1 amide bonds. The van der Waals surface area contributed by atoms with E-state index >= 15 is 0 Å². The first-order valence-corrected chi connectivity index (χ1v) is 10.7. The predicted molar refractivity (Wildman–Crippen MR) is 118 cm³/mol. The largest absolute Gasteiger partial charge is 0.336 e. The second-order valence-corrected chi connectivity index (χ2v) is 8.46. The van der Waals surface area contributed by atoms with Gasteiger partial charge in [-0.2, -0.15) is 0 Å². The number of likely N-dealkylation sites (tertiary alicyclic amines) is 1. The monoisotopic (exact) mass is 385 g/mol. The Morgan fingerprint density at radius 2 is 1.86 bits per heavy atom. The minimum atomic E-state index is 0.158. The number of anilines is 2. The lowest BCUT2D eigenvalue weighted by Gasteiger charge is -2.33. The molecule has 5 rings (SSSR count). The Bertz CT molecular complexity index is 1070. The van der Waals surface area contributed by atoms with Crippen molar-refractivity contribution in [2.45, 2.75) is 45.6 Å². The maximum Gasteiger partial charge on any atom is 0.254 e. The van der Waals surface area contributed by atoms with Gasteiger partial charge in [-0.05, 0) is 87.1 Å². The minimum Gasteiger partial charge on any atom is -0.336 e. The number of amides is 1. The molecule has 1 unspecified atom stereocenters. The lowest BCUT2D eigenvalue weighted by atomic mass is 10.0. The van der Waals surface area contributed by atoms with E-state index in [9.17, 15) is 4.79 Å². The summed E-state index contributed by atoms with van der Waals surface area (Å²) in [5, 5.41) is 1.20. The van der Waals surface area contributed by atoms with E-state index < -0.39 is 0 Å². The zero-order valence-corrected chi connectivity index (χ0v) is 17.2. The normalized spacial score (nSPS) is 18.9. The molecule has 2 aliphatic rings. The Hall–Kier alpha value is -2.88. The van der Waals surface area contributed by atoms with Crippen LogP contribution in [0.3, 0.4) is 0 Å². The summed E-state index contributed by atoms with van der Waals surface area (Å²) in [5.74, 6) is 1.21. The fraction of sp³-hybridized carbons (Fsp3) is 0.360. The second kappa shape index (κ2) is 7.18. The van der Waals surface area contributed by atoms with Crippen LogP contribution in [0.5, 0.6) is 0 Å². The van der Waals surface area contributed by atoms with E-state index in [1.165, 1.54) is 22.9 Å². The van der Waals surface area contributed by atoms with Gasteiger partial charge in [-0.25, -0.2) is 4.98 Å². The van der Waals surface area contributed by atoms with Crippen LogP contribution in [0, 0.1) is 6.92 Å². The molecular formula is C25H27N3O. The number of nitrogens with zero attached hydrogens (tertiary/aromatic N) is 3. The predicted octanol–water partition coefficient (Wildman–Crippen LogP) is 5.25. The summed E-state index contributed by atoms with van der Waals surface area (Å²) >= 11 is 0. The van der Waals surface area contributed by atoms with E-state index in [0.29, 0.717) is 6.04 Å². The van der Waals surface area contributed by atoms with E-state index in [4.69, 9.17) is 4.98 Å². The lowest BCUT2D eigenvalue weighted by Crippen LogP contribution is -2.42. The Kier molecular flexibility index (Phi) is 4.50. The Morgan fingerprint density at radius 1 is 1.03 bits per heavy atom. The summed E-state index contributed by atoms with van der Waals surface area (Å²) in [6.07, 6.45) is 4.43. The average molecular weight is 386 g/mol. The van der Waals surface area contributed by atoms with Gasteiger partial charge in [0.25, 0.3) is 5.91 Å². The van der Waals surface area contributed by atoms with Crippen LogP contribution in [0.25, 0.3) is 10.9 Å². The van der Waals surface area contributed by atoms with Crippen LogP contribution in [0.2, 0.25) is 0 Å². The number of piperidine rings is 1. The van der Waals surface area contributed by atoms with Gasteiger partial charge in [0.2, 0.25) is 0 Å². The third kappa shape index (κ3) is 3.27. The molecule has 0 bridgehead atoms. The number of aromatic nitrogens is 1. The van der Waals surface area contributed by atoms with Crippen molar-refractivity contribution in [2.24, 2.45) is 0 Å². The van der Waals surface area contributed by atoms with Crippen LogP contribution >= 0.6 is 0 Å². The Morgan fingerprint density at radius 3 is 2.66 bits per heavy atom. The molecule has 29 heavy (non-hydrogen) atoms. The van der Waals surface area contributed by atoms with Crippen molar-refractivity contribution in [3.8, 4) is 0 Å². The SMILES string of the molecule is Cc1ccc2cc3c(nc2c1)N(c1ccc(C(=O)N2CCCCC2C)cc1)CC3. The van der Waals surface area contributed by atoms with Crippen LogP contribution in [0.15, 0.2) is 48.5 Å². The van der Waals surface area contributed by atoms with E-state index in [1.54, 1.807) is 0 Å². The van der Waals surface area contributed by atoms with Crippen molar-refractivity contribution in [1.29, 1.82) is 0 Å². The van der Waals surface area contributed by atoms with Gasteiger partial charge in [-0.3, -0.25) is 4.79 Å². The fourth-order valence-electron chi connectivity index (χ4n) is 4.67. The molecule has 1 fully saturated rings. The van der Waals surface area contributed by atoms with Gasteiger partial charge >= 0.3 is 0 Å². The molecule has 1 saturated heterocycles. The highest BCUT2D eigenvalue weighted by molar-refractivity contribution is 5.95. The standard InChI is InChI=1S/C25H27N3O/c1-17-6-7-20-16-21-12-14-28(24(21)26-23(20)15-17)22-10-8-19(9-11-22)25(29)27-13-4-3-5-18(27)2/h6-11,15-16,18H,3-5,12-14H2,1-2H3. The molecule has 0 N–H and O–H groups in total. The van der Waals surface area contributed by atoms with Crippen molar-refractivity contribution in [3.63, 3.8) is 0 Å². The molecule has 3 aromatic rings. The highest BCUT2D eigenvalue weighted by Gasteiger charge is 2.26. The van der Waals surface area contributed by atoms with Crippen molar-refractivity contribution >= 4 is 28.3 Å². The minimum absolute atomic E-state index is 0.158. The van der Waals surface area contributed by atoms with Gasteiger partial charge in [-0.15, -0.1) is 0 Å². The number of carbonyl (C=O) groups excluding carboxylic acids is 1. The zero-order valence-electron chi connectivity index (χ0n) is 17.2. The van der Waals surface area contributed by atoms with Gasteiger partial charge in [0, 0.05) is 35.8 Å². The number of fused-ring (bicyclic) bond motifs is 2. The van der Waals surface area contributed by atoms with E-state index in [-0.39, 0.29) is 5.91 Å². The highest BCUT2D eigenvalue weighted by Crippen LogP contribution is 2.35. The first-order valence-electron chi connectivity index (χ1n) is 10.7. The zero-order chi connectivity index (χ0) is 20.0. The third-order valence-corrected chi connectivity index (χ3v) is 6.38. The summed E-state index contributed by atoms with van der Waals surface area (Å²) in [5.41, 5.74) is 5.45. The quantitative estimate of drug-likeness (QED) is 0.604. The van der Waals surface area contributed by atoms with Crippen molar-refractivity contribution in [2.75, 3.05) is 18.0 Å². The maximum absolute atomic E-state index is 12.9. The summed E-state index contributed by atoms with van der Waals surface area (Å²) in [4.78, 5) is 22.2. The van der Waals surface area contributed by atoms with Crippen molar-refractivity contribution < 1.29 is 4.79 Å². The van der Waals surface area contributed by atoms with Crippen molar-refractivity contribution in [1.82, 2.24) is 9.88 Å². The smallest absolute Gasteiger partial charge is 0.254 e. The lowest BCUT2D eigenvalue weighted by molar-refractivity contribution is 0.0635. The van der Waals surface area contributed by atoms with Crippen LogP contribution in [-0.4, -0.2) is 34.9 Å². The second-order valence-electron chi connectivity index (χ2n) is 8.46. The molecule has 3 heterocycles. The van der Waals surface area contributed by atoms with Crippen LogP contribution < -0.4 is 4.90 Å². The molecule has 0 radical (unpaired) electrons. The summed E-state index contributed by atoms with van der Waals surface area (Å²) < 4.78 is 0. The number of benzene rings is 2. The average Bonchev–Trinajstić information content (AvgIpc) is 3.15. The molecule has 1 atom stereocenters. The number of hydrogen-bond donors (Lipinski definition) is 0. The van der Waals surface area contributed by atoms with E-state index in [1.807, 2.05) is 17.0 Å². The number of pyridine rings is 1. The molecule has 2 aromatic carbocycles. The van der Waals surface area contributed by atoms with Crippen LogP contribution in [0.1, 0.15) is 47.7 Å². The van der Waals surface area contributed by atoms with E-state index in [0.717, 1.165) is 54.9 Å². The third-order valence-electron chi connectivity index (χ3n) is 6.38. The van der Waals surface area contributed by atoms with Gasteiger partial charge in [0.15, 0.2) is 0 Å². The molecule has 0 aliphatic carbocycles. The Balaban J connectivity index is 1.42. The molecule has 1 aromatic heterocycles. The Labute approximate surface area is 172 Å². The number of hydrogen-bond acceptors (Lipinski definition) is 3. The first kappa shape index (κ1) is 18.2. The highest BCUT2D eigenvalue weighted by atomic mass is 16.2. The first-order chi connectivity index (χ1) is 14.1. The molecular weight excluding hydrogens is 358 g/mol. The van der Waals surface area contributed by atoms with Crippen molar-refractivity contribution in [3.05, 3.63) is 65.2 Å². The van der Waals surface area contributed by atoms with Gasteiger partial charge in [-0.1, -0.05) is 12.1 Å². The number of rotatable bonds is 2. The summed E-state index contributed by atoms with van der Waals surface area (Å²) in [6.45, 7) is 6.06. The topological polar surface area (TPSA) is 36.4 Å². The maximum atomic E-state index is 12.9. The molecule has 0 spiro atoms. The van der Waals surface area contributed by atoms with Gasteiger partial charge < -0.3 is 9.80 Å². The fourth-order valence-corrected chi connectivity index (χ4v) is 4.67. The molecule has 2 aliphatic heterocycles. The van der Waals surface area contributed by atoms with Gasteiger partial charge in [0.1, 0.15) is 5.82 Å². The summed E-state index contributed by atoms with van der Waals surface area (Å²) in [6, 6.07) is 17.1. The molecule has 4 heteroatoms. The summed E-state index contributed by atoms with van der Waals surface area (Å²) in [7, 11) is 0. The van der Waals surface area contributed by atoms with Crippen LogP contribution in [0.4, 0.5) is 11.5 Å². The molecule has 0 saturated carbocycles. The molecule has 148 valence electrons. The van der Waals surface area contributed by atoms with Gasteiger partial charge in [0.05, 0.1) is 5.52 Å². The van der Waals surface area contributed by atoms with E-state index in [2.05, 4.69) is 55.1 Å². The number of aryl methyl sites for hydroxylation is 1. The van der Waals surface area contributed by atoms with Crippen LogP contribution in [-0.2, 0) is 6.42 Å². The number of carbonyl (C=O) groups is 1. The molecule has 4 nitrogen and oxygen atoms in total.